The van der Waals surface area contributed by atoms with Crippen LogP contribution in [0.25, 0.3) is 10.9 Å². The third-order valence-corrected chi connectivity index (χ3v) is 5.39. The van der Waals surface area contributed by atoms with Crippen LogP contribution in [0.1, 0.15) is 30.9 Å². The molecule has 1 amide bonds. The Hall–Kier alpha value is -2.96. The molecular formula is C22H21F3N2O2. The Balaban J connectivity index is 1.39. The Labute approximate surface area is 166 Å². The average molecular weight is 402 g/mol. The Morgan fingerprint density at radius 1 is 1.17 bits per heavy atom. The molecule has 1 fully saturated rings. The van der Waals surface area contributed by atoms with Crippen LogP contribution < -0.4 is 10.1 Å². The maximum atomic E-state index is 12.6. The van der Waals surface area contributed by atoms with Gasteiger partial charge >= 0.3 is 6.18 Å². The number of hydrogen-bond acceptors (Lipinski definition) is 2. The van der Waals surface area contributed by atoms with Gasteiger partial charge in [0, 0.05) is 28.9 Å². The lowest BCUT2D eigenvalue weighted by molar-refractivity contribution is -0.137. The number of alkyl halides is 3. The Bertz CT molecular complexity index is 1030. The summed E-state index contributed by atoms with van der Waals surface area (Å²) in [6.07, 6.45) is -0.268. The number of rotatable bonds is 6. The molecule has 0 saturated heterocycles. The van der Waals surface area contributed by atoms with E-state index < -0.39 is 11.7 Å². The number of ether oxygens (including phenoxy) is 1. The van der Waals surface area contributed by atoms with Gasteiger partial charge in [-0.25, -0.2) is 0 Å². The lowest BCUT2D eigenvalue weighted by atomic mass is 10.1. The summed E-state index contributed by atoms with van der Waals surface area (Å²) >= 11 is 0. The van der Waals surface area contributed by atoms with Crippen molar-refractivity contribution in [1.29, 1.82) is 0 Å². The van der Waals surface area contributed by atoms with Gasteiger partial charge in [-0.15, -0.1) is 0 Å². The van der Waals surface area contributed by atoms with Gasteiger partial charge in [-0.05, 0) is 48.7 Å². The van der Waals surface area contributed by atoms with Crippen molar-refractivity contribution >= 4 is 22.5 Å². The molecule has 152 valence electrons. The minimum atomic E-state index is -4.33. The number of carbonyl (C=O) groups is 1. The van der Waals surface area contributed by atoms with Gasteiger partial charge in [-0.1, -0.05) is 19.1 Å². The summed E-state index contributed by atoms with van der Waals surface area (Å²) in [5.41, 5.74) is 1.45. The minimum Gasteiger partial charge on any atom is -0.493 e. The van der Waals surface area contributed by atoms with Crippen molar-refractivity contribution in [2.24, 2.45) is 5.41 Å². The first-order chi connectivity index (χ1) is 13.7. The second-order valence-electron chi connectivity index (χ2n) is 7.72. The van der Waals surface area contributed by atoms with Crippen LogP contribution >= 0.6 is 0 Å². The topological polar surface area (TPSA) is 54.1 Å². The summed E-state index contributed by atoms with van der Waals surface area (Å²) in [6, 6.07) is 10.6. The smallest absolute Gasteiger partial charge is 0.416 e. The van der Waals surface area contributed by atoms with Crippen LogP contribution in [-0.4, -0.2) is 17.5 Å². The van der Waals surface area contributed by atoms with Crippen LogP contribution in [0.15, 0.2) is 48.7 Å². The number of anilines is 1. The average Bonchev–Trinajstić information content (AvgIpc) is 3.32. The molecule has 0 aliphatic heterocycles. The van der Waals surface area contributed by atoms with Crippen LogP contribution in [0.4, 0.5) is 18.9 Å². The van der Waals surface area contributed by atoms with E-state index in [-0.39, 0.29) is 11.3 Å². The first kappa shape index (κ1) is 19.4. The van der Waals surface area contributed by atoms with E-state index >= 15 is 0 Å². The standard InChI is InChI=1S/C22H21F3N2O2/c1-21(9-10-21)20(28)27-19-13-26-18-7-6-16(12-17(18)19)29-11-8-14-2-4-15(5-3-14)22(23,24)25/h2-7,12-13,26H,8-11H2,1H3,(H,27,28). The highest BCUT2D eigenvalue weighted by molar-refractivity contribution is 6.04. The zero-order chi connectivity index (χ0) is 20.6. The quantitative estimate of drug-likeness (QED) is 0.568. The summed E-state index contributed by atoms with van der Waals surface area (Å²) in [4.78, 5) is 15.4. The number of H-pyrrole nitrogens is 1. The molecule has 1 aromatic heterocycles. The van der Waals surface area contributed by atoms with Crippen molar-refractivity contribution in [2.75, 3.05) is 11.9 Å². The number of nitrogens with one attached hydrogen (secondary N) is 2. The number of halogens is 3. The molecule has 0 bridgehead atoms. The van der Waals surface area contributed by atoms with Gasteiger partial charge < -0.3 is 15.0 Å². The monoisotopic (exact) mass is 402 g/mol. The largest absolute Gasteiger partial charge is 0.493 e. The number of amides is 1. The van der Waals surface area contributed by atoms with Gasteiger partial charge in [0.15, 0.2) is 0 Å². The normalized spacial score (nSPS) is 15.3. The molecule has 2 N–H and O–H groups in total. The van der Waals surface area contributed by atoms with Gasteiger partial charge in [-0.2, -0.15) is 13.2 Å². The number of hydrogen-bond donors (Lipinski definition) is 2. The van der Waals surface area contributed by atoms with Gasteiger partial charge in [0.1, 0.15) is 5.75 Å². The lowest BCUT2D eigenvalue weighted by Gasteiger charge is -2.10. The third-order valence-electron chi connectivity index (χ3n) is 5.39. The van der Waals surface area contributed by atoms with E-state index in [0.717, 1.165) is 41.4 Å². The van der Waals surface area contributed by atoms with Gasteiger partial charge in [-0.3, -0.25) is 4.79 Å². The first-order valence-electron chi connectivity index (χ1n) is 9.46. The molecule has 29 heavy (non-hydrogen) atoms. The minimum absolute atomic E-state index is 0.0204. The van der Waals surface area contributed by atoms with Crippen LogP contribution in [0.3, 0.4) is 0 Å². The second-order valence-corrected chi connectivity index (χ2v) is 7.72. The molecule has 1 aliphatic carbocycles. The van der Waals surface area contributed by atoms with E-state index in [4.69, 9.17) is 4.74 Å². The summed E-state index contributed by atoms with van der Waals surface area (Å²) in [5, 5.41) is 3.83. The summed E-state index contributed by atoms with van der Waals surface area (Å²) in [5.74, 6) is 0.657. The van der Waals surface area contributed by atoms with Crippen LogP contribution in [0, 0.1) is 5.41 Å². The van der Waals surface area contributed by atoms with Crippen molar-refractivity contribution < 1.29 is 22.7 Å². The first-order valence-corrected chi connectivity index (χ1v) is 9.46. The van der Waals surface area contributed by atoms with Crippen molar-refractivity contribution in [2.45, 2.75) is 32.4 Å². The van der Waals surface area contributed by atoms with E-state index in [2.05, 4.69) is 10.3 Å². The number of aromatic nitrogens is 1. The molecule has 1 heterocycles. The number of aromatic amines is 1. The highest BCUT2D eigenvalue weighted by atomic mass is 19.4. The van der Waals surface area contributed by atoms with Crippen LogP contribution in [-0.2, 0) is 17.4 Å². The molecule has 2 aromatic carbocycles. The summed E-state index contributed by atoms with van der Waals surface area (Å²) in [7, 11) is 0. The van der Waals surface area contributed by atoms with E-state index in [1.807, 2.05) is 25.1 Å². The molecule has 1 saturated carbocycles. The molecule has 4 rings (SSSR count). The second kappa shape index (κ2) is 7.13. The SMILES string of the molecule is CC1(C(=O)Nc2c[nH]c3ccc(OCCc4ccc(C(F)(F)F)cc4)cc23)CC1. The zero-order valence-electron chi connectivity index (χ0n) is 15.9. The molecule has 0 unspecified atom stereocenters. The highest BCUT2D eigenvalue weighted by Gasteiger charge is 2.45. The molecule has 7 heteroatoms. The van der Waals surface area contributed by atoms with Crippen molar-refractivity contribution in [3.63, 3.8) is 0 Å². The Morgan fingerprint density at radius 2 is 1.90 bits per heavy atom. The van der Waals surface area contributed by atoms with Gasteiger partial charge in [0.2, 0.25) is 5.91 Å². The predicted molar refractivity (Wildman–Crippen MR) is 105 cm³/mol. The van der Waals surface area contributed by atoms with Crippen molar-refractivity contribution in [3.8, 4) is 5.75 Å². The Kier molecular flexibility index (Phi) is 4.76. The van der Waals surface area contributed by atoms with E-state index in [0.29, 0.717) is 24.5 Å². The molecule has 0 spiro atoms. The molecule has 0 atom stereocenters. The zero-order valence-corrected chi connectivity index (χ0v) is 15.9. The van der Waals surface area contributed by atoms with E-state index in [9.17, 15) is 18.0 Å². The molecular weight excluding hydrogens is 381 g/mol. The van der Waals surface area contributed by atoms with Gasteiger partial charge in [0.25, 0.3) is 0 Å². The van der Waals surface area contributed by atoms with E-state index in [1.165, 1.54) is 12.1 Å². The number of fused-ring (bicyclic) bond motifs is 1. The number of benzene rings is 2. The van der Waals surface area contributed by atoms with Crippen molar-refractivity contribution in [1.82, 2.24) is 4.98 Å². The molecule has 4 nitrogen and oxygen atoms in total. The fourth-order valence-corrected chi connectivity index (χ4v) is 3.13. The molecule has 0 radical (unpaired) electrons. The third kappa shape index (κ3) is 4.23. The maximum Gasteiger partial charge on any atom is 0.416 e. The summed E-state index contributed by atoms with van der Waals surface area (Å²) < 4.78 is 43.6. The lowest BCUT2D eigenvalue weighted by Crippen LogP contribution is -2.21. The fraction of sp³-hybridized carbons (Fsp3) is 0.318. The van der Waals surface area contributed by atoms with Gasteiger partial charge in [0.05, 0.1) is 17.9 Å². The molecule has 3 aromatic rings. The fourth-order valence-electron chi connectivity index (χ4n) is 3.13. The van der Waals surface area contributed by atoms with Crippen LogP contribution in [0.2, 0.25) is 0 Å². The number of carbonyl (C=O) groups excluding carboxylic acids is 1. The predicted octanol–water partition coefficient (Wildman–Crippen LogP) is 5.55. The maximum absolute atomic E-state index is 12.6. The molecule has 1 aliphatic rings. The highest BCUT2D eigenvalue weighted by Crippen LogP contribution is 2.46. The van der Waals surface area contributed by atoms with E-state index in [1.54, 1.807) is 6.20 Å². The van der Waals surface area contributed by atoms with Crippen molar-refractivity contribution in [3.05, 3.63) is 59.8 Å². The Morgan fingerprint density at radius 3 is 2.55 bits per heavy atom. The summed E-state index contributed by atoms with van der Waals surface area (Å²) in [6.45, 7) is 2.29. The van der Waals surface area contributed by atoms with Crippen LogP contribution in [0.5, 0.6) is 5.75 Å².